The van der Waals surface area contributed by atoms with Gasteiger partial charge in [0.15, 0.2) is 0 Å². The van der Waals surface area contributed by atoms with Crippen LogP contribution in [-0.2, 0) is 9.59 Å². The molecule has 0 aromatic rings. The smallest absolute Gasteiger partial charge is 0.133 e. The van der Waals surface area contributed by atoms with Crippen molar-refractivity contribution >= 4 is 12.6 Å². The standard InChI is InChI=1S/C7H12O2/c1-6(2)7(3,4-8)5-9/h4-6H,1-3H3. The van der Waals surface area contributed by atoms with Gasteiger partial charge in [-0.1, -0.05) is 13.8 Å². The third-order valence-electron chi connectivity index (χ3n) is 1.75. The summed E-state index contributed by atoms with van der Waals surface area (Å²) < 4.78 is 0. The molecule has 0 heterocycles. The lowest BCUT2D eigenvalue weighted by Gasteiger charge is -2.18. The second-order valence-electron chi connectivity index (χ2n) is 2.76. The van der Waals surface area contributed by atoms with E-state index in [4.69, 9.17) is 0 Å². The Kier molecular flexibility index (Phi) is 2.56. The second kappa shape index (κ2) is 2.76. The van der Waals surface area contributed by atoms with Crippen molar-refractivity contribution in [2.75, 3.05) is 0 Å². The molecule has 0 bridgehead atoms. The van der Waals surface area contributed by atoms with Crippen molar-refractivity contribution in [3.8, 4) is 0 Å². The summed E-state index contributed by atoms with van der Waals surface area (Å²) in [6.07, 6.45) is 1.40. The average molecular weight is 128 g/mol. The Bertz CT molecular complexity index is 108. The van der Waals surface area contributed by atoms with Crippen molar-refractivity contribution in [3.05, 3.63) is 0 Å². The molecule has 0 spiro atoms. The summed E-state index contributed by atoms with van der Waals surface area (Å²) in [5.74, 6) is 0.0903. The van der Waals surface area contributed by atoms with Gasteiger partial charge in [0.1, 0.15) is 12.6 Å². The van der Waals surface area contributed by atoms with E-state index in [1.54, 1.807) is 6.92 Å². The molecular weight excluding hydrogens is 116 g/mol. The highest BCUT2D eigenvalue weighted by Gasteiger charge is 2.26. The van der Waals surface area contributed by atoms with Gasteiger partial charge in [0, 0.05) is 0 Å². The molecule has 0 aliphatic heterocycles. The normalized spacial score (nSPS) is 11.6. The molecule has 52 valence electrons. The van der Waals surface area contributed by atoms with Crippen LogP contribution in [0.25, 0.3) is 0 Å². The Labute approximate surface area is 55.3 Å². The fraction of sp³-hybridized carbons (Fsp3) is 0.714. The van der Waals surface area contributed by atoms with Gasteiger partial charge in [-0.05, 0) is 12.8 Å². The molecule has 0 radical (unpaired) electrons. The quantitative estimate of drug-likeness (QED) is 0.420. The van der Waals surface area contributed by atoms with Crippen LogP contribution in [0.3, 0.4) is 0 Å². The van der Waals surface area contributed by atoms with Gasteiger partial charge in [0.05, 0.1) is 5.41 Å². The summed E-state index contributed by atoms with van der Waals surface area (Å²) in [6, 6.07) is 0. The highest BCUT2D eigenvalue weighted by Crippen LogP contribution is 2.20. The first-order valence-electron chi connectivity index (χ1n) is 2.99. The summed E-state index contributed by atoms with van der Waals surface area (Å²) >= 11 is 0. The summed E-state index contributed by atoms with van der Waals surface area (Å²) in [5, 5.41) is 0. The largest absolute Gasteiger partial charge is 0.302 e. The first kappa shape index (κ1) is 8.34. The van der Waals surface area contributed by atoms with E-state index in [2.05, 4.69) is 0 Å². The van der Waals surface area contributed by atoms with Crippen molar-refractivity contribution in [1.29, 1.82) is 0 Å². The number of carbonyl (C=O) groups is 2. The van der Waals surface area contributed by atoms with Gasteiger partial charge in [-0.25, -0.2) is 0 Å². The van der Waals surface area contributed by atoms with Gasteiger partial charge < -0.3 is 9.59 Å². The zero-order valence-corrected chi connectivity index (χ0v) is 6.05. The van der Waals surface area contributed by atoms with Gasteiger partial charge in [-0.2, -0.15) is 0 Å². The highest BCUT2D eigenvalue weighted by atomic mass is 16.1. The Morgan fingerprint density at radius 2 is 1.56 bits per heavy atom. The van der Waals surface area contributed by atoms with Crippen LogP contribution in [0.1, 0.15) is 20.8 Å². The first-order valence-corrected chi connectivity index (χ1v) is 2.99. The SMILES string of the molecule is CC(C)C(C)(C=O)C=O. The molecule has 0 amide bonds. The van der Waals surface area contributed by atoms with Crippen LogP contribution in [0.5, 0.6) is 0 Å². The molecule has 0 saturated carbocycles. The van der Waals surface area contributed by atoms with E-state index in [0.717, 1.165) is 0 Å². The predicted octanol–water partition coefficient (Wildman–Crippen LogP) is 1.05. The fourth-order valence-electron chi connectivity index (χ4n) is 0.300. The Morgan fingerprint density at radius 3 is 1.56 bits per heavy atom. The first-order chi connectivity index (χ1) is 4.06. The summed E-state index contributed by atoms with van der Waals surface area (Å²) in [7, 11) is 0. The fourth-order valence-corrected chi connectivity index (χ4v) is 0.300. The second-order valence-corrected chi connectivity index (χ2v) is 2.76. The highest BCUT2D eigenvalue weighted by molar-refractivity contribution is 5.83. The zero-order chi connectivity index (χ0) is 7.49. The molecule has 0 aromatic carbocycles. The molecule has 0 saturated heterocycles. The Balaban J connectivity index is 4.26. The van der Waals surface area contributed by atoms with Crippen molar-refractivity contribution in [1.82, 2.24) is 0 Å². The summed E-state index contributed by atoms with van der Waals surface area (Å²) in [5.41, 5.74) is -0.778. The number of rotatable bonds is 3. The lowest BCUT2D eigenvalue weighted by molar-refractivity contribution is -0.127. The van der Waals surface area contributed by atoms with Crippen molar-refractivity contribution < 1.29 is 9.59 Å². The molecule has 0 atom stereocenters. The van der Waals surface area contributed by atoms with Gasteiger partial charge in [0.25, 0.3) is 0 Å². The average Bonchev–Trinajstić information content (AvgIpc) is 1.86. The van der Waals surface area contributed by atoms with Crippen LogP contribution < -0.4 is 0 Å². The monoisotopic (exact) mass is 128 g/mol. The van der Waals surface area contributed by atoms with Gasteiger partial charge in [0.2, 0.25) is 0 Å². The van der Waals surface area contributed by atoms with E-state index in [0.29, 0.717) is 12.6 Å². The number of carbonyl (C=O) groups excluding carboxylic acids is 2. The van der Waals surface area contributed by atoms with Crippen LogP contribution in [-0.4, -0.2) is 12.6 Å². The Hall–Kier alpha value is -0.660. The van der Waals surface area contributed by atoms with E-state index >= 15 is 0 Å². The maximum Gasteiger partial charge on any atom is 0.133 e. The topological polar surface area (TPSA) is 34.1 Å². The molecule has 0 aliphatic carbocycles. The lowest BCUT2D eigenvalue weighted by Crippen LogP contribution is -2.26. The third-order valence-corrected chi connectivity index (χ3v) is 1.75. The van der Waals surface area contributed by atoms with E-state index in [1.165, 1.54) is 0 Å². The lowest BCUT2D eigenvalue weighted by atomic mass is 9.82. The zero-order valence-electron chi connectivity index (χ0n) is 6.05. The Morgan fingerprint density at radius 1 is 1.22 bits per heavy atom. The molecule has 2 heteroatoms. The minimum atomic E-state index is -0.778. The third kappa shape index (κ3) is 1.63. The summed E-state index contributed by atoms with van der Waals surface area (Å²) in [4.78, 5) is 20.5. The van der Waals surface area contributed by atoms with Crippen LogP contribution in [0, 0.1) is 11.3 Å². The van der Waals surface area contributed by atoms with E-state index < -0.39 is 5.41 Å². The minimum Gasteiger partial charge on any atom is -0.302 e. The number of hydrogen-bond acceptors (Lipinski definition) is 2. The molecule has 2 nitrogen and oxygen atoms in total. The van der Waals surface area contributed by atoms with Gasteiger partial charge in [-0.3, -0.25) is 0 Å². The molecule has 0 aromatic heterocycles. The maximum absolute atomic E-state index is 10.3. The molecule has 0 aliphatic rings. The van der Waals surface area contributed by atoms with Gasteiger partial charge in [-0.15, -0.1) is 0 Å². The van der Waals surface area contributed by atoms with Crippen LogP contribution in [0.4, 0.5) is 0 Å². The molecule has 0 rings (SSSR count). The van der Waals surface area contributed by atoms with Crippen molar-refractivity contribution in [3.63, 3.8) is 0 Å². The van der Waals surface area contributed by atoms with Crippen LogP contribution in [0.15, 0.2) is 0 Å². The predicted molar refractivity (Wildman–Crippen MR) is 35.1 cm³/mol. The summed E-state index contributed by atoms with van der Waals surface area (Å²) in [6.45, 7) is 5.34. The molecular formula is C7H12O2. The van der Waals surface area contributed by atoms with E-state index in [1.807, 2.05) is 13.8 Å². The van der Waals surface area contributed by atoms with Crippen LogP contribution >= 0.6 is 0 Å². The van der Waals surface area contributed by atoms with Gasteiger partial charge >= 0.3 is 0 Å². The maximum atomic E-state index is 10.3. The molecule has 0 fully saturated rings. The van der Waals surface area contributed by atoms with Crippen LogP contribution in [0.2, 0.25) is 0 Å². The number of hydrogen-bond donors (Lipinski definition) is 0. The number of aldehydes is 2. The molecule has 9 heavy (non-hydrogen) atoms. The van der Waals surface area contributed by atoms with E-state index in [9.17, 15) is 9.59 Å². The van der Waals surface area contributed by atoms with Crippen molar-refractivity contribution in [2.45, 2.75) is 20.8 Å². The molecule has 0 N–H and O–H groups in total. The van der Waals surface area contributed by atoms with Crippen molar-refractivity contribution in [2.24, 2.45) is 11.3 Å². The molecule has 0 unspecified atom stereocenters. The van der Waals surface area contributed by atoms with E-state index in [-0.39, 0.29) is 5.92 Å². The minimum absolute atomic E-state index is 0.0903.